The van der Waals surface area contributed by atoms with Crippen molar-refractivity contribution in [3.63, 3.8) is 0 Å². The first-order chi connectivity index (χ1) is 10.8. The van der Waals surface area contributed by atoms with Crippen molar-refractivity contribution in [1.82, 2.24) is 9.62 Å². The van der Waals surface area contributed by atoms with Crippen LogP contribution in [0.4, 0.5) is 5.69 Å². The molecular weight excluding hydrogens is 465 g/mol. The van der Waals surface area contributed by atoms with E-state index in [2.05, 4.69) is 14.6 Å². The van der Waals surface area contributed by atoms with E-state index in [1.54, 1.807) is 0 Å². The lowest BCUT2D eigenvalue weighted by Crippen LogP contribution is -2.51. The summed E-state index contributed by atoms with van der Waals surface area (Å²) in [6.45, 7) is 3.83. The third kappa shape index (κ3) is 6.99. The Morgan fingerprint density at radius 3 is 2.38 bits per heavy atom. The Bertz CT molecular complexity index is 646. The van der Waals surface area contributed by atoms with Crippen molar-refractivity contribution < 1.29 is 8.42 Å². The molecule has 0 atom stereocenters. The van der Waals surface area contributed by atoms with E-state index in [1.165, 1.54) is 0 Å². The summed E-state index contributed by atoms with van der Waals surface area (Å²) in [5.41, 5.74) is 7.11. The third-order valence-corrected chi connectivity index (χ3v) is 4.53. The predicted molar refractivity (Wildman–Crippen MR) is 110 cm³/mol. The highest BCUT2D eigenvalue weighted by Gasteiger charge is 2.18. The molecule has 1 heterocycles. The number of piperazine rings is 1. The number of hydrogen-bond donors (Lipinski definition) is 2. The van der Waals surface area contributed by atoms with Gasteiger partial charge in [-0.15, -0.1) is 24.0 Å². The minimum Gasteiger partial charge on any atom is -0.370 e. The molecule has 3 N–H and O–H groups in total. The van der Waals surface area contributed by atoms with Crippen LogP contribution in [-0.2, 0) is 10.0 Å². The van der Waals surface area contributed by atoms with Crippen LogP contribution in [0.3, 0.4) is 0 Å². The lowest BCUT2D eigenvalue weighted by atomic mass is 10.2. The highest BCUT2D eigenvalue weighted by atomic mass is 127. The lowest BCUT2D eigenvalue weighted by Gasteiger charge is -2.36. The molecule has 136 valence electrons. The van der Waals surface area contributed by atoms with Gasteiger partial charge in [0.2, 0.25) is 10.0 Å². The molecule has 0 amide bonds. The zero-order valence-electron chi connectivity index (χ0n) is 13.5. The third-order valence-electron chi connectivity index (χ3n) is 3.55. The fourth-order valence-electron chi connectivity index (χ4n) is 2.35. The molecule has 7 nitrogen and oxygen atoms in total. The van der Waals surface area contributed by atoms with E-state index in [9.17, 15) is 8.42 Å². The van der Waals surface area contributed by atoms with Crippen LogP contribution in [0.15, 0.2) is 29.3 Å². The van der Waals surface area contributed by atoms with Gasteiger partial charge in [-0.3, -0.25) is 4.99 Å². The van der Waals surface area contributed by atoms with E-state index in [4.69, 9.17) is 17.3 Å². The molecule has 0 unspecified atom stereocenters. The molecule has 0 aliphatic carbocycles. The van der Waals surface area contributed by atoms with E-state index >= 15 is 0 Å². The van der Waals surface area contributed by atoms with E-state index in [-0.39, 0.29) is 30.5 Å². The molecule has 0 radical (unpaired) electrons. The Hall–Kier alpha value is -0.780. The van der Waals surface area contributed by atoms with Gasteiger partial charge in [-0.1, -0.05) is 11.6 Å². The highest BCUT2D eigenvalue weighted by Crippen LogP contribution is 2.19. The van der Waals surface area contributed by atoms with Crippen LogP contribution >= 0.6 is 35.6 Å². The number of nitrogens with zero attached hydrogens (tertiary/aromatic N) is 3. The van der Waals surface area contributed by atoms with Crippen molar-refractivity contribution in [3.8, 4) is 0 Å². The van der Waals surface area contributed by atoms with E-state index < -0.39 is 10.0 Å². The smallest absolute Gasteiger partial charge is 0.208 e. The predicted octanol–water partition coefficient (Wildman–Crippen LogP) is 0.944. The zero-order chi connectivity index (χ0) is 16.9. The summed E-state index contributed by atoms with van der Waals surface area (Å²) in [6.07, 6.45) is 1.12. The summed E-state index contributed by atoms with van der Waals surface area (Å²) < 4.78 is 24.3. The van der Waals surface area contributed by atoms with Gasteiger partial charge >= 0.3 is 0 Å². The Kier molecular flexibility index (Phi) is 8.54. The maximum absolute atomic E-state index is 11.0. The minimum absolute atomic E-state index is 0. The average Bonchev–Trinajstić information content (AvgIpc) is 2.51. The molecule has 1 aromatic rings. The minimum atomic E-state index is -3.18. The van der Waals surface area contributed by atoms with Gasteiger partial charge in [0.25, 0.3) is 0 Å². The average molecular weight is 488 g/mol. The monoisotopic (exact) mass is 487 g/mol. The van der Waals surface area contributed by atoms with Gasteiger partial charge in [0.1, 0.15) is 0 Å². The molecule has 0 bridgehead atoms. The van der Waals surface area contributed by atoms with Gasteiger partial charge in [0.15, 0.2) is 5.96 Å². The Morgan fingerprint density at radius 2 is 1.83 bits per heavy atom. The van der Waals surface area contributed by atoms with Crippen molar-refractivity contribution in [2.24, 2.45) is 10.7 Å². The van der Waals surface area contributed by atoms with E-state index in [0.29, 0.717) is 12.5 Å². The molecule has 1 fully saturated rings. The molecule has 0 saturated carbocycles. The number of halogens is 2. The molecule has 1 aliphatic rings. The van der Waals surface area contributed by atoms with Crippen LogP contribution in [-0.4, -0.2) is 64.8 Å². The Labute approximate surface area is 165 Å². The topological polar surface area (TPSA) is 91.0 Å². The number of nitrogens with two attached hydrogens (primary N) is 1. The molecular formula is C14H23ClIN5O2S. The Morgan fingerprint density at radius 1 is 1.25 bits per heavy atom. The first kappa shape index (κ1) is 21.3. The second-order valence-electron chi connectivity index (χ2n) is 5.36. The molecule has 0 aromatic heterocycles. The van der Waals surface area contributed by atoms with E-state index in [1.807, 2.05) is 29.2 Å². The van der Waals surface area contributed by atoms with Gasteiger partial charge in [0.05, 0.1) is 12.8 Å². The molecule has 10 heteroatoms. The standard InChI is InChI=1S/C14H22ClN5O2S.HI/c1-23(21,22)18-7-6-17-14(16)20-10-8-19(9-11-20)13-4-2-12(15)3-5-13;/h2-5,18H,6-11H2,1H3,(H2,16,17);1H. The van der Waals surface area contributed by atoms with Gasteiger partial charge in [0, 0.05) is 43.4 Å². The summed E-state index contributed by atoms with van der Waals surface area (Å²) in [6, 6.07) is 7.78. The normalized spacial score (nSPS) is 16.0. The summed E-state index contributed by atoms with van der Waals surface area (Å²) in [4.78, 5) is 8.49. The number of sulfonamides is 1. The number of anilines is 1. The molecule has 24 heavy (non-hydrogen) atoms. The van der Waals surface area contributed by atoms with Crippen molar-refractivity contribution in [2.75, 3.05) is 50.4 Å². The number of guanidine groups is 1. The number of rotatable bonds is 5. The van der Waals surface area contributed by atoms with Crippen LogP contribution in [0.1, 0.15) is 0 Å². The maximum Gasteiger partial charge on any atom is 0.208 e. The molecule has 2 rings (SSSR count). The van der Waals surface area contributed by atoms with Crippen LogP contribution < -0.4 is 15.4 Å². The molecule has 0 spiro atoms. The zero-order valence-corrected chi connectivity index (χ0v) is 17.4. The van der Waals surface area contributed by atoms with Gasteiger partial charge in [-0.05, 0) is 24.3 Å². The second kappa shape index (κ2) is 9.64. The second-order valence-corrected chi connectivity index (χ2v) is 7.63. The van der Waals surface area contributed by atoms with Crippen LogP contribution in [0.25, 0.3) is 0 Å². The SMILES string of the molecule is CS(=O)(=O)NCCN=C(N)N1CCN(c2ccc(Cl)cc2)CC1.I. The first-order valence-corrected chi connectivity index (χ1v) is 9.62. The maximum atomic E-state index is 11.0. The summed E-state index contributed by atoms with van der Waals surface area (Å²) >= 11 is 5.90. The number of benzene rings is 1. The first-order valence-electron chi connectivity index (χ1n) is 7.35. The van der Waals surface area contributed by atoms with E-state index in [0.717, 1.165) is 43.1 Å². The fourth-order valence-corrected chi connectivity index (χ4v) is 2.94. The van der Waals surface area contributed by atoms with Crippen LogP contribution in [0.5, 0.6) is 0 Å². The fraction of sp³-hybridized carbons (Fsp3) is 0.500. The van der Waals surface area contributed by atoms with Crippen LogP contribution in [0, 0.1) is 0 Å². The van der Waals surface area contributed by atoms with Crippen LogP contribution in [0.2, 0.25) is 5.02 Å². The highest BCUT2D eigenvalue weighted by molar-refractivity contribution is 14.0. The largest absolute Gasteiger partial charge is 0.370 e. The van der Waals surface area contributed by atoms with Gasteiger partial charge in [-0.25, -0.2) is 13.1 Å². The van der Waals surface area contributed by atoms with Crippen molar-refractivity contribution in [2.45, 2.75) is 0 Å². The number of aliphatic imine (C=N–C) groups is 1. The van der Waals surface area contributed by atoms with Crippen molar-refractivity contribution >= 4 is 57.2 Å². The number of hydrogen-bond acceptors (Lipinski definition) is 4. The summed E-state index contributed by atoms with van der Waals surface area (Å²) in [7, 11) is -3.18. The Balaban J connectivity index is 0.00000288. The van der Waals surface area contributed by atoms with Crippen molar-refractivity contribution in [1.29, 1.82) is 0 Å². The molecule has 1 aliphatic heterocycles. The quantitative estimate of drug-likeness (QED) is 0.279. The molecule has 1 aromatic carbocycles. The molecule has 1 saturated heterocycles. The lowest BCUT2D eigenvalue weighted by molar-refractivity contribution is 0.381. The van der Waals surface area contributed by atoms with Gasteiger partial charge in [-0.2, -0.15) is 0 Å². The van der Waals surface area contributed by atoms with Gasteiger partial charge < -0.3 is 15.5 Å². The van der Waals surface area contributed by atoms with Crippen molar-refractivity contribution in [3.05, 3.63) is 29.3 Å². The summed E-state index contributed by atoms with van der Waals surface area (Å²) in [5.74, 6) is 0.455. The summed E-state index contributed by atoms with van der Waals surface area (Å²) in [5, 5.41) is 0.728. The number of nitrogens with one attached hydrogen (secondary N) is 1.